The molecule has 1 radical (unpaired) electrons. The third-order valence-corrected chi connectivity index (χ3v) is 0. The molecule has 0 saturated heterocycles. The van der Waals surface area contributed by atoms with E-state index in [9.17, 15) is 0 Å². The van der Waals surface area contributed by atoms with Crippen LogP contribution in [-0.2, 0) is 0 Å². The fourth-order valence-electron chi connectivity index (χ4n) is 0. The van der Waals surface area contributed by atoms with Crippen LogP contribution in [0.5, 0.6) is 0 Å². The van der Waals surface area contributed by atoms with E-state index in [1.54, 1.807) is 0 Å². The Morgan fingerprint density at radius 2 is 1.00 bits per heavy atom. The number of nitrogens with two attached hydrogens (primary N) is 2. The second kappa shape index (κ2) is 44.5. The van der Waals surface area contributed by atoms with Gasteiger partial charge in [-0.1, -0.05) is 34.1 Å². The van der Waals surface area contributed by atoms with Gasteiger partial charge in [0.05, 0.1) is 0 Å². The molecule has 0 aromatic carbocycles. The largest absolute Gasteiger partial charge is 0.331 e. The van der Waals surface area contributed by atoms with Gasteiger partial charge in [0.25, 0.3) is 0 Å². The maximum Gasteiger partial charge on any atom is -0.0106 e. The molecule has 2 nitrogen and oxygen atoms in total. The number of rotatable bonds is 0. The standard InChI is InChI=1S/C3H7.2C2H7N/c1-3-2;2*1-2-3/h1,3H2,2H3;2*2-3H2,1H3. The van der Waals surface area contributed by atoms with Crippen molar-refractivity contribution in [2.75, 3.05) is 13.1 Å². The van der Waals surface area contributed by atoms with E-state index in [0.717, 1.165) is 19.5 Å². The molecule has 0 aliphatic heterocycles. The van der Waals surface area contributed by atoms with Crippen molar-refractivity contribution in [2.45, 2.75) is 27.2 Å². The Labute approximate surface area is 59.6 Å². The van der Waals surface area contributed by atoms with Crippen molar-refractivity contribution in [3.63, 3.8) is 0 Å². The lowest BCUT2D eigenvalue weighted by Crippen LogP contribution is -1.87. The fourth-order valence-corrected chi connectivity index (χ4v) is 0. The van der Waals surface area contributed by atoms with Crippen molar-refractivity contribution in [3.8, 4) is 0 Å². The molecule has 0 aromatic rings. The Hall–Kier alpha value is -0.0800. The Balaban J connectivity index is -0.0000000600. The van der Waals surface area contributed by atoms with E-state index in [0.29, 0.717) is 0 Å². The third kappa shape index (κ3) is 43400. The summed E-state index contributed by atoms with van der Waals surface area (Å²) >= 11 is 0. The van der Waals surface area contributed by atoms with Gasteiger partial charge in [-0.25, -0.2) is 0 Å². The van der Waals surface area contributed by atoms with Crippen molar-refractivity contribution in [1.82, 2.24) is 0 Å². The van der Waals surface area contributed by atoms with Gasteiger partial charge in [0.15, 0.2) is 0 Å². The minimum atomic E-state index is 0.750. The van der Waals surface area contributed by atoms with Crippen LogP contribution in [0.1, 0.15) is 27.2 Å². The van der Waals surface area contributed by atoms with Gasteiger partial charge < -0.3 is 11.5 Å². The van der Waals surface area contributed by atoms with Crippen LogP contribution in [-0.4, -0.2) is 13.1 Å². The summed E-state index contributed by atoms with van der Waals surface area (Å²) in [6, 6.07) is 0. The quantitative estimate of drug-likeness (QED) is 0.521. The Morgan fingerprint density at radius 3 is 1.00 bits per heavy atom. The van der Waals surface area contributed by atoms with Crippen LogP contribution in [0.2, 0.25) is 0 Å². The van der Waals surface area contributed by atoms with E-state index < -0.39 is 0 Å². The molecule has 0 unspecified atom stereocenters. The van der Waals surface area contributed by atoms with Gasteiger partial charge in [0.2, 0.25) is 0 Å². The number of hydrogen-bond donors (Lipinski definition) is 2. The first-order valence-electron chi connectivity index (χ1n) is 3.44. The van der Waals surface area contributed by atoms with Crippen molar-refractivity contribution in [3.05, 3.63) is 6.92 Å². The zero-order chi connectivity index (χ0) is 8.12. The average molecular weight is 133 g/mol. The van der Waals surface area contributed by atoms with Crippen LogP contribution < -0.4 is 11.5 Å². The predicted octanol–water partition coefficient (Wildman–Crippen LogP) is 1.16. The summed E-state index contributed by atoms with van der Waals surface area (Å²) in [5, 5.41) is 0. The van der Waals surface area contributed by atoms with Gasteiger partial charge in [0.1, 0.15) is 0 Å². The molecular weight excluding hydrogens is 112 g/mol. The molecule has 2 heteroatoms. The van der Waals surface area contributed by atoms with Crippen molar-refractivity contribution in [1.29, 1.82) is 0 Å². The Bertz CT molecular complexity index is 11.6. The average Bonchev–Trinajstić information content (AvgIpc) is 1.70. The normalized spacial score (nSPS) is 6.00. The second-order valence-electron chi connectivity index (χ2n) is 1.32. The van der Waals surface area contributed by atoms with Crippen molar-refractivity contribution in [2.24, 2.45) is 11.5 Å². The molecule has 0 saturated carbocycles. The van der Waals surface area contributed by atoms with Gasteiger partial charge in [-0.2, -0.15) is 0 Å². The lowest BCUT2D eigenvalue weighted by atomic mass is 10.6. The molecule has 59 valence electrons. The van der Waals surface area contributed by atoms with Crippen molar-refractivity contribution < 1.29 is 0 Å². The zero-order valence-corrected chi connectivity index (χ0v) is 6.98. The molecule has 0 aromatic heterocycles. The van der Waals surface area contributed by atoms with Gasteiger partial charge in [0, 0.05) is 0 Å². The van der Waals surface area contributed by atoms with E-state index in [1.165, 1.54) is 0 Å². The summed E-state index contributed by atoms with van der Waals surface area (Å²) in [5.41, 5.74) is 9.69. The van der Waals surface area contributed by atoms with E-state index >= 15 is 0 Å². The molecule has 0 spiro atoms. The number of hydrogen-bond acceptors (Lipinski definition) is 2. The predicted molar refractivity (Wildman–Crippen MR) is 45.1 cm³/mol. The lowest BCUT2D eigenvalue weighted by Gasteiger charge is -1.53. The van der Waals surface area contributed by atoms with E-state index in [2.05, 4.69) is 6.92 Å². The molecule has 0 atom stereocenters. The van der Waals surface area contributed by atoms with Crippen molar-refractivity contribution >= 4 is 0 Å². The molecule has 9 heavy (non-hydrogen) atoms. The van der Waals surface area contributed by atoms with Crippen LogP contribution in [0, 0.1) is 6.92 Å². The molecule has 0 rings (SSSR count). The van der Waals surface area contributed by atoms with Crippen LogP contribution in [0.25, 0.3) is 0 Å². The maximum atomic E-state index is 4.85. The summed E-state index contributed by atoms with van der Waals surface area (Å²) in [5.74, 6) is 0. The topological polar surface area (TPSA) is 52.0 Å². The van der Waals surface area contributed by atoms with Gasteiger partial charge in [-0.15, -0.1) is 0 Å². The van der Waals surface area contributed by atoms with Gasteiger partial charge >= 0.3 is 0 Å². The highest BCUT2D eigenvalue weighted by Crippen LogP contribution is 1.54. The zero-order valence-electron chi connectivity index (χ0n) is 6.98. The van der Waals surface area contributed by atoms with Crippen LogP contribution in [0.4, 0.5) is 0 Å². The molecule has 0 aliphatic carbocycles. The Morgan fingerprint density at radius 1 is 1.00 bits per heavy atom. The van der Waals surface area contributed by atoms with Crippen LogP contribution in [0.3, 0.4) is 0 Å². The van der Waals surface area contributed by atoms with Crippen LogP contribution in [0.15, 0.2) is 0 Å². The molecule has 0 bridgehead atoms. The smallest absolute Gasteiger partial charge is 0.0106 e. The second-order valence-corrected chi connectivity index (χ2v) is 1.32. The minimum Gasteiger partial charge on any atom is -0.331 e. The Kier molecular flexibility index (Phi) is 78.9. The van der Waals surface area contributed by atoms with E-state index in [-0.39, 0.29) is 0 Å². The first-order valence-corrected chi connectivity index (χ1v) is 3.44. The van der Waals surface area contributed by atoms with E-state index in [1.807, 2.05) is 20.8 Å². The first kappa shape index (κ1) is 16.0. The third-order valence-electron chi connectivity index (χ3n) is 0. The highest BCUT2D eigenvalue weighted by atomic mass is 14.5. The molecule has 4 N–H and O–H groups in total. The molecule has 0 heterocycles. The van der Waals surface area contributed by atoms with Crippen LogP contribution >= 0.6 is 0 Å². The van der Waals surface area contributed by atoms with Gasteiger partial charge in [-0.05, 0) is 13.1 Å². The monoisotopic (exact) mass is 133 g/mol. The summed E-state index contributed by atoms with van der Waals surface area (Å²) in [4.78, 5) is 0. The highest BCUT2D eigenvalue weighted by Gasteiger charge is 1.36. The summed E-state index contributed by atoms with van der Waals surface area (Å²) < 4.78 is 0. The summed E-state index contributed by atoms with van der Waals surface area (Å²) in [6.45, 7) is 10.8. The molecular formula is C7H21N2. The van der Waals surface area contributed by atoms with Gasteiger partial charge in [-0.3, -0.25) is 0 Å². The SMILES string of the molecule is CCN.CCN.[CH2]CC. The molecule has 0 fully saturated rings. The molecule has 0 amide bonds. The minimum absolute atomic E-state index is 0.750. The lowest BCUT2D eigenvalue weighted by molar-refractivity contribution is 1.14. The molecule has 0 aliphatic rings. The highest BCUT2D eigenvalue weighted by molar-refractivity contribution is 4.18. The van der Waals surface area contributed by atoms with E-state index in [4.69, 9.17) is 11.5 Å². The maximum absolute atomic E-state index is 4.85. The summed E-state index contributed by atoms with van der Waals surface area (Å²) in [7, 11) is 0. The fraction of sp³-hybridized carbons (Fsp3) is 0.857. The first-order chi connectivity index (χ1) is 4.24. The summed E-state index contributed by atoms with van der Waals surface area (Å²) in [6.07, 6.45) is 1.00.